The molecule has 0 unspecified atom stereocenters. The topological polar surface area (TPSA) is 330 Å². The Bertz CT molecular complexity index is 362. The number of ether oxygens (including phenoxy) is 4. The number of carbonyl (C=O) groups is 4. The molecule has 0 amide bonds. The van der Waals surface area contributed by atoms with Gasteiger partial charge in [0.05, 0.1) is 28.4 Å². The van der Waals surface area contributed by atoms with Gasteiger partial charge in [-0.15, -0.1) is 0 Å². The van der Waals surface area contributed by atoms with Gasteiger partial charge in [0.15, 0.2) is 0 Å². The number of aliphatic hydroxyl groups is 8. The summed E-state index contributed by atoms with van der Waals surface area (Å²) in [5.41, 5.74) is 0. The molecule has 0 aliphatic rings. The van der Waals surface area contributed by atoms with Gasteiger partial charge in [-0.05, 0) is 0 Å². The number of hydrogen-bond acceptors (Lipinski definition) is 16. The van der Waals surface area contributed by atoms with E-state index in [1.165, 1.54) is 0 Å². The second-order valence-electron chi connectivity index (χ2n) is 3.59. The van der Waals surface area contributed by atoms with Gasteiger partial charge >= 0.3 is 23.9 Å². The van der Waals surface area contributed by atoms with E-state index in [4.69, 9.17) is 40.9 Å². The Morgan fingerprint density at radius 3 is 0.531 bits per heavy atom. The van der Waals surface area contributed by atoms with Crippen LogP contribution in [0.1, 0.15) is 0 Å². The normalized spacial score (nSPS) is 8.00. The molecule has 0 aliphatic carbocycles. The largest absolute Gasteiger partial charge is 0.465 e. The molecule has 0 bridgehead atoms. The van der Waals surface area contributed by atoms with Crippen molar-refractivity contribution < 1.29 is 133 Å². The summed E-state index contributed by atoms with van der Waals surface area (Å²) in [5, 5.41) is 63.2. The Balaban J connectivity index is -0.0000000384. The van der Waals surface area contributed by atoms with E-state index in [9.17, 15) is 19.2 Å². The maximum Gasteiger partial charge on any atom is 0.362 e. The van der Waals surface area contributed by atoms with E-state index in [0.29, 0.717) is 0 Å². The fourth-order valence-electron chi connectivity index (χ4n) is 0.422. The van der Waals surface area contributed by atoms with Crippen molar-refractivity contribution in [3.05, 3.63) is 0 Å². The van der Waals surface area contributed by atoms with E-state index in [1.54, 1.807) is 0 Å². The Morgan fingerprint density at radius 2 is 0.531 bits per heavy atom. The summed E-state index contributed by atoms with van der Waals surface area (Å²) in [6.07, 6.45) is -7.98. The van der Waals surface area contributed by atoms with Gasteiger partial charge < -0.3 is 70.8 Å². The van der Waals surface area contributed by atoms with Gasteiger partial charge in [0.1, 0.15) is 0 Å². The molecular weight excluding hydrogens is 528 g/mol. The number of aliphatic hydroxyl groups excluding tert-OH is 4. The second-order valence-corrected chi connectivity index (χ2v) is 3.59. The smallest absolute Gasteiger partial charge is 0.362 e. The molecule has 0 aromatic carbocycles. The zero-order valence-corrected chi connectivity index (χ0v) is 20.3. The minimum Gasteiger partial charge on any atom is -0.465 e. The summed E-state index contributed by atoms with van der Waals surface area (Å²) < 4.78 is 15.5. The fraction of sp³-hybridized carbons (Fsp3) is 0.667. The predicted octanol–water partition coefficient (Wildman–Crippen LogP) is -7.77. The van der Waals surface area contributed by atoms with E-state index in [0.717, 1.165) is 28.4 Å². The summed E-state index contributed by atoms with van der Waals surface area (Å²) in [7, 11) is 4.28. The molecule has 0 rings (SSSR count). The van der Waals surface area contributed by atoms with Gasteiger partial charge in [-0.3, -0.25) is 0 Å². The zero-order chi connectivity index (χ0) is 23.4. The van der Waals surface area contributed by atoms with E-state index in [1.807, 2.05) is 0 Å². The van der Waals surface area contributed by atoms with Crippen LogP contribution in [0.3, 0.4) is 0 Å². The third kappa shape index (κ3) is 42.9. The first-order chi connectivity index (χ1) is 12.7. The van der Waals surface area contributed by atoms with Crippen molar-refractivity contribution in [3.8, 4) is 0 Å². The number of esters is 4. The summed E-state index contributed by atoms with van der Waals surface area (Å²) in [5.74, 6) is -4.17. The van der Waals surface area contributed by atoms with Crippen LogP contribution in [0, 0.1) is 0 Å². The molecule has 18 nitrogen and oxygen atoms in total. The van der Waals surface area contributed by atoms with Crippen LogP contribution in [-0.2, 0) is 81.6 Å². The van der Waals surface area contributed by atoms with Gasteiger partial charge in [0.2, 0.25) is 0 Å². The molecule has 32 heavy (non-hydrogen) atoms. The molecule has 0 saturated heterocycles. The fourth-order valence-corrected chi connectivity index (χ4v) is 0.422. The van der Waals surface area contributed by atoms with Crippen molar-refractivity contribution in [1.82, 2.24) is 0 Å². The van der Waals surface area contributed by atoms with Gasteiger partial charge in [0.25, 0.3) is 25.2 Å². The first-order valence-electron chi connectivity index (χ1n) is 6.49. The Hall–Kier alpha value is -1.09. The van der Waals surface area contributed by atoms with Gasteiger partial charge in [-0.1, -0.05) is 0 Å². The van der Waals surface area contributed by atoms with Crippen LogP contribution < -0.4 is 0 Å². The third-order valence-corrected chi connectivity index (χ3v) is 1.65. The van der Waals surface area contributed by atoms with E-state index in [2.05, 4.69) is 18.9 Å². The first kappa shape index (κ1) is 52.7. The second kappa shape index (κ2) is 34.5. The molecule has 0 fully saturated rings. The van der Waals surface area contributed by atoms with Crippen molar-refractivity contribution >= 4 is 23.9 Å². The maximum absolute atomic E-state index is 9.79. The van der Waals surface area contributed by atoms with E-state index < -0.39 is 49.0 Å². The van der Waals surface area contributed by atoms with Crippen molar-refractivity contribution in [2.45, 2.75) is 25.2 Å². The van der Waals surface area contributed by atoms with Crippen LogP contribution in [0.4, 0.5) is 0 Å². The van der Waals surface area contributed by atoms with Crippen LogP contribution in [0.15, 0.2) is 0 Å². The molecular formula is C12H28O18Ti2. The Labute approximate surface area is 210 Å². The summed E-state index contributed by atoms with van der Waals surface area (Å²) in [6.45, 7) is 0. The Kier molecular flexibility index (Phi) is 56.8. The summed E-state index contributed by atoms with van der Waals surface area (Å²) >= 11 is 0. The first-order valence-corrected chi connectivity index (χ1v) is 6.49. The summed E-state index contributed by atoms with van der Waals surface area (Å²) in [4.78, 5) is 39.2. The van der Waals surface area contributed by atoms with Crippen molar-refractivity contribution in [1.29, 1.82) is 0 Å². The molecule has 0 aromatic rings. The van der Waals surface area contributed by atoms with Crippen LogP contribution >= 0.6 is 0 Å². The molecule has 0 aromatic heterocycles. The molecule has 0 radical (unpaired) electrons. The van der Waals surface area contributed by atoms with Crippen molar-refractivity contribution in [2.75, 3.05) is 28.4 Å². The van der Waals surface area contributed by atoms with Crippen LogP contribution in [-0.4, -0.2) is 129 Å². The molecule has 20 heteroatoms. The van der Waals surface area contributed by atoms with Crippen LogP contribution in [0.25, 0.3) is 0 Å². The van der Waals surface area contributed by atoms with Crippen molar-refractivity contribution in [2.24, 2.45) is 0 Å². The maximum atomic E-state index is 9.79. The monoisotopic (exact) mass is 556 g/mol. The molecule has 12 N–H and O–H groups in total. The van der Waals surface area contributed by atoms with E-state index >= 15 is 0 Å². The predicted molar refractivity (Wildman–Crippen MR) is 88.2 cm³/mol. The number of carbonyl (C=O) groups excluding carboxylic acids is 4. The van der Waals surface area contributed by atoms with E-state index in [-0.39, 0.29) is 54.4 Å². The number of methoxy groups -OCH3 is 4. The van der Waals surface area contributed by atoms with Crippen LogP contribution in [0.5, 0.6) is 0 Å². The quantitative estimate of drug-likeness (QED) is 0.0690. The molecule has 0 aliphatic heterocycles. The zero-order valence-electron chi connectivity index (χ0n) is 17.2. The van der Waals surface area contributed by atoms with Gasteiger partial charge in [-0.25, -0.2) is 19.2 Å². The molecule has 0 heterocycles. The summed E-state index contributed by atoms with van der Waals surface area (Å²) in [6, 6.07) is 0. The average molecular weight is 556 g/mol. The molecule has 0 atom stereocenters. The molecule has 0 saturated carbocycles. The SMILES string of the molecule is COC(=O)C(O)O.COC(=O)C(O)O.COC(=O)C(O)O.COC(=O)C(O)O.O.O.[Ti].[Ti]. The standard InChI is InChI=1S/4C3H6O4.2H2O.2Ti/c4*1-7-3(6)2(4)5;;;;/h4*2,4-5H,1H3;2*1H2;;. The number of rotatable bonds is 4. The Morgan fingerprint density at radius 1 is 0.438 bits per heavy atom. The van der Waals surface area contributed by atoms with Gasteiger partial charge in [-0.2, -0.15) is 0 Å². The van der Waals surface area contributed by atoms with Gasteiger partial charge in [0, 0.05) is 43.4 Å². The number of hydrogen-bond donors (Lipinski definition) is 8. The average Bonchev–Trinajstić information content (AvgIpc) is 2.66. The molecule has 192 valence electrons. The third-order valence-electron chi connectivity index (χ3n) is 1.65. The minimum absolute atomic E-state index is 0. The molecule has 0 spiro atoms. The van der Waals surface area contributed by atoms with Crippen LogP contribution in [0.2, 0.25) is 0 Å². The van der Waals surface area contributed by atoms with Crippen molar-refractivity contribution in [3.63, 3.8) is 0 Å². The minimum atomic E-state index is -2.00.